The Morgan fingerprint density at radius 3 is 2.20 bits per heavy atom. The van der Waals surface area contributed by atoms with Crippen molar-refractivity contribution in [3.63, 3.8) is 0 Å². The van der Waals surface area contributed by atoms with Gasteiger partial charge in [-0.15, -0.1) is 0 Å². The third-order valence-electron chi connectivity index (χ3n) is 1.06. The molecule has 1 aromatic heterocycles. The second kappa shape index (κ2) is 3.51. The van der Waals surface area contributed by atoms with Crippen molar-refractivity contribution < 1.29 is 16.0 Å². The topological polar surface area (TPSA) is 16.8 Å². The zero-order valence-electron chi connectivity index (χ0n) is 6.34. The maximum Gasteiger partial charge on any atom is -1.00 e. The molecular weight excluding hydrogens is 214 g/mol. The summed E-state index contributed by atoms with van der Waals surface area (Å²) in [6.45, 7) is 6.58. The molecule has 1 heterocycles. The molecule has 0 fully saturated rings. The van der Waals surface area contributed by atoms with Crippen molar-refractivity contribution in [1.29, 1.82) is 0 Å². The van der Waals surface area contributed by atoms with Crippen molar-refractivity contribution in [2.45, 2.75) is 26.3 Å². The van der Waals surface area contributed by atoms with Gasteiger partial charge in [-0.05, 0) is 0 Å². The van der Waals surface area contributed by atoms with Crippen molar-refractivity contribution in [2.75, 3.05) is 0 Å². The fourth-order valence-corrected chi connectivity index (χ4v) is 1.72. The van der Waals surface area contributed by atoms with E-state index in [0.717, 1.165) is 0 Å². The molecule has 0 bridgehead atoms. The second-order valence-corrected chi connectivity index (χ2v) is 4.59. The molecule has 0 unspecified atom stereocenters. The normalized spacial score (nSPS) is 10.7. The van der Waals surface area contributed by atoms with E-state index >= 15 is 0 Å². The van der Waals surface area contributed by atoms with Gasteiger partial charge in [0.05, 0.1) is 0 Å². The van der Waals surface area contributed by atoms with Gasteiger partial charge in [0.15, 0.2) is 0 Å². The fourth-order valence-electron chi connectivity index (χ4n) is 0.539. The summed E-state index contributed by atoms with van der Waals surface area (Å²) in [6.07, 6.45) is 3.94. The zero-order chi connectivity index (χ0) is 6.91. The van der Waals surface area contributed by atoms with Crippen LogP contribution in [0.15, 0.2) is 12.4 Å². The van der Waals surface area contributed by atoms with Crippen LogP contribution in [0.3, 0.4) is 0 Å². The summed E-state index contributed by atoms with van der Waals surface area (Å²) in [5.41, 5.74) is 0.260. The molecule has 10 heavy (non-hydrogen) atoms. The third kappa shape index (κ3) is 2.41. The Kier molecular flexibility index (Phi) is 3.57. The standard InChI is InChI=1S/C6H11N2Se.ClH/c1-6(2,3)8-5-4-7-9-8;/h4-5H,1-3H3;1H/q+1;/p-1. The smallest absolute Gasteiger partial charge is 1.00 e. The predicted octanol–water partition coefficient (Wildman–Crippen LogP) is -2.81. The summed E-state index contributed by atoms with van der Waals surface area (Å²) in [4.78, 5) is 0. The molecule has 0 radical (unpaired) electrons. The molecule has 0 amide bonds. The van der Waals surface area contributed by atoms with Crippen LogP contribution in [0.5, 0.6) is 0 Å². The number of aromatic nitrogens is 2. The molecule has 0 aromatic carbocycles. The van der Waals surface area contributed by atoms with Crippen LogP contribution in [0.25, 0.3) is 0 Å². The van der Waals surface area contributed by atoms with Gasteiger partial charge < -0.3 is 12.4 Å². The molecule has 0 spiro atoms. The average Bonchev–Trinajstić information content (AvgIpc) is 2.08. The van der Waals surface area contributed by atoms with Crippen LogP contribution in [-0.4, -0.2) is 18.9 Å². The van der Waals surface area contributed by atoms with Gasteiger partial charge in [-0.2, -0.15) is 0 Å². The Balaban J connectivity index is 0.000000810. The van der Waals surface area contributed by atoms with Crippen molar-refractivity contribution in [3.8, 4) is 0 Å². The summed E-state index contributed by atoms with van der Waals surface area (Å²) in [7, 11) is 0. The van der Waals surface area contributed by atoms with Crippen molar-refractivity contribution in [2.24, 2.45) is 0 Å². The zero-order valence-corrected chi connectivity index (χ0v) is 8.80. The summed E-state index contributed by atoms with van der Waals surface area (Å²) in [5.74, 6) is 0. The van der Waals surface area contributed by atoms with Crippen LogP contribution >= 0.6 is 0 Å². The minimum atomic E-state index is 0. The number of halogens is 1. The largest absolute Gasteiger partial charge is 1.00 e. The first kappa shape index (κ1) is 10.1. The number of nitrogens with zero attached hydrogens (tertiary/aromatic N) is 2. The van der Waals surface area contributed by atoms with Gasteiger partial charge in [-0.25, -0.2) is 0 Å². The molecular formula is C6H11ClN2Se. The first-order valence-corrected chi connectivity index (χ1v) is 4.47. The Labute approximate surface area is 73.9 Å². The van der Waals surface area contributed by atoms with E-state index in [1.54, 1.807) is 0 Å². The van der Waals surface area contributed by atoms with Crippen LogP contribution in [-0.2, 0) is 5.54 Å². The first-order chi connectivity index (χ1) is 4.11. The van der Waals surface area contributed by atoms with Crippen LogP contribution in [0.1, 0.15) is 20.8 Å². The summed E-state index contributed by atoms with van der Waals surface area (Å²) in [5, 5.41) is 0. The van der Waals surface area contributed by atoms with Gasteiger partial charge in [0, 0.05) is 0 Å². The maximum absolute atomic E-state index is 4.14. The molecule has 0 N–H and O–H groups in total. The van der Waals surface area contributed by atoms with Gasteiger partial charge >= 0.3 is 61.2 Å². The molecule has 0 saturated carbocycles. The predicted molar refractivity (Wildman–Crippen MR) is 36.4 cm³/mol. The quantitative estimate of drug-likeness (QED) is 0.436. The number of hydrogen-bond acceptors (Lipinski definition) is 1. The van der Waals surface area contributed by atoms with Crippen LogP contribution in [0.4, 0.5) is 0 Å². The van der Waals surface area contributed by atoms with Crippen LogP contribution < -0.4 is 16.0 Å². The van der Waals surface area contributed by atoms with Gasteiger partial charge in [-0.1, -0.05) is 0 Å². The van der Waals surface area contributed by atoms with Gasteiger partial charge in [0.2, 0.25) is 0 Å². The van der Waals surface area contributed by atoms with E-state index in [0.29, 0.717) is 15.0 Å². The molecule has 0 aliphatic rings. The summed E-state index contributed by atoms with van der Waals surface area (Å²) >= 11 is 0.318. The van der Waals surface area contributed by atoms with Crippen molar-refractivity contribution in [1.82, 2.24) is 3.98 Å². The second-order valence-electron chi connectivity index (χ2n) is 2.98. The van der Waals surface area contributed by atoms with Crippen LogP contribution in [0, 0.1) is 0 Å². The Hall–Kier alpha value is 0.149. The Bertz CT molecular complexity index is 178. The fraction of sp³-hybridized carbons (Fsp3) is 0.667. The van der Waals surface area contributed by atoms with E-state index in [9.17, 15) is 0 Å². The van der Waals surface area contributed by atoms with E-state index in [-0.39, 0.29) is 17.9 Å². The van der Waals surface area contributed by atoms with Crippen LogP contribution in [0.2, 0.25) is 0 Å². The number of hydrogen-bond donors (Lipinski definition) is 0. The van der Waals surface area contributed by atoms with Gasteiger partial charge in [-0.3, -0.25) is 0 Å². The maximum atomic E-state index is 4.14. The first-order valence-electron chi connectivity index (χ1n) is 2.94. The Morgan fingerprint density at radius 2 is 2.00 bits per heavy atom. The van der Waals surface area contributed by atoms with E-state index in [2.05, 4.69) is 34.5 Å². The molecule has 1 aromatic rings. The molecule has 2 nitrogen and oxygen atoms in total. The van der Waals surface area contributed by atoms with E-state index < -0.39 is 0 Å². The molecule has 0 aliphatic carbocycles. The molecule has 1 rings (SSSR count). The minimum absolute atomic E-state index is 0. The SMILES string of the molecule is CC(C)(C)[n+]1ccn[se]1.[Cl-]. The molecule has 0 saturated heterocycles. The minimum Gasteiger partial charge on any atom is -1.00 e. The van der Waals surface area contributed by atoms with Crippen molar-refractivity contribution in [3.05, 3.63) is 12.4 Å². The summed E-state index contributed by atoms with van der Waals surface area (Å²) < 4.78 is 6.40. The van der Waals surface area contributed by atoms with E-state index in [1.807, 2.05) is 6.20 Å². The Morgan fingerprint density at radius 1 is 1.40 bits per heavy atom. The third-order valence-corrected chi connectivity index (χ3v) is 3.29. The average molecular weight is 226 g/mol. The molecule has 0 aliphatic heterocycles. The monoisotopic (exact) mass is 226 g/mol. The number of rotatable bonds is 0. The van der Waals surface area contributed by atoms with E-state index in [4.69, 9.17) is 0 Å². The molecule has 0 atom stereocenters. The van der Waals surface area contributed by atoms with Gasteiger partial charge in [0.25, 0.3) is 0 Å². The van der Waals surface area contributed by atoms with E-state index in [1.165, 1.54) is 0 Å². The summed E-state index contributed by atoms with van der Waals surface area (Å²) in [6, 6.07) is 0. The van der Waals surface area contributed by atoms with Crippen molar-refractivity contribution >= 4 is 15.0 Å². The van der Waals surface area contributed by atoms with Gasteiger partial charge in [0.1, 0.15) is 0 Å². The molecule has 4 heteroatoms. The molecule has 58 valence electrons.